The van der Waals surface area contributed by atoms with Crippen molar-refractivity contribution in [3.8, 4) is 11.5 Å². The first-order chi connectivity index (χ1) is 10.1. The third kappa shape index (κ3) is 2.23. The molecular weight excluding hydrogens is 344 g/mol. The number of hydrogen-bond donors (Lipinski definition) is 1. The lowest BCUT2D eigenvalue weighted by Gasteiger charge is -2.10. The Kier molecular flexibility index (Phi) is 3.31. The van der Waals surface area contributed by atoms with Crippen LogP contribution in [0, 0.1) is 18.2 Å². The zero-order valence-electron chi connectivity index (χ0n) is 10.3. The minimum atomic E-state index is -1.11. The average Bonchev–Trinajstić information content (AvgIpc) is 2.99. The monoisotopic (exact) mass is 349 g/mol. The van der Waals surface area contributed by atoms with E-state index >= 15 is 0 Å². The Bertz CT molecular complexity index is 886. The van der Waals surface area contributed by atoms with E-state index < -0.39 is 11.6 Å². The van der Waals surface area contributed by atoms with Crippen LogP contribution in [0.5, 0.6) is 11.5 Å². The van der Waals surface area contributed by atoms with E-state index in [1.807, 2.05) is 0 Å². The zero-order chi connectivity index (χ0) is 15.0. The Morgan fingerprint density at radius 2 is 2.10 bits per heavy atom. The van der Waals surface area contributed by atoms with Crippen molar-refractivity contribution in [2.75, 3.05) is 0 Å². The van der Waals surface area contributed by atoms with Crippen LogP contribution in [-0.2, 0) is 0 Å². The van der Waals surface area contributed by atoms with Crippen LogP contribution in [0.2, 0.25) is 0 Å². The largest absolute Gasteiger partial charge is 0.454 e. The van der Waals surface area contributed by atoms with Gasteiger partial charge in [0.05, 0.1) is 9.99 Å². The van der Waals surface area contributed by atoms with Gasteiger partial charge in [-0.2, -0.15) is 4.39 Å². The van der Waals surface area contributed by atoms with Gasteiger partial charge in [0, 0.05) is 23.7 Å². The van der Waals surface area contributed by atoms with Crippen LogP contribution in [0.3, 0.4) is 0 Å². The van der Waals surface area contributed by atoms with Crippen molar-refractivity contribution in [2.24, 2.45) is 0 Å². The molecule has 0 unspecified atom stereocenters. The van der Waals surface area contributed by atoms with E-state index in [0.29, 0.717) is 9.86 Å². The highest BCUT2D eigenvalue weighted by molar-refractivity contribution is 9.10. The number of halogens is 3. The van der Waals surface area contributed by atoms with Gasteiger partial charge in [-0.25, -0.2) is 4.39 Å². The second-order valence-corrected chi connectivity index (χ2v) is 4.89. The van der Waals surface area contributed by atoms with Gasteiger partial charge in [-0.1, -0.05) is 6.57 Å². The Balaban J connectivity index is 2.14. The minimum Gasteiger partial charge on any atom is -0.454 e. The number of benzene rings is 1. The number of ether oxygens (including phenoxy) is 1. The van der Waals surface area contributed by atoms with Crippen LogP contribution in [0.4, 0.5) is 14.6 Å². The molecule has 0 spiro atoms. The number of aromatic amines is 1. The van der Waals surface area contributed by atoms with E-state index in [9.17, 15) is 8.78 Å². The maximum Gasteiger partial charge on any atom is 0.273 e. The fraction of sp³-hybridized carbons (Fsp3) is 0. The molecule has 0 radical (unpaired) electrons. The molecule has 0 aliphatic rings. The molecule has 1 N–H and O–H groups in total. The molecule has 0 aliphatic heterocycles. The lowest BCUT2D eigenvalue weighted by Crippen LogP contribution is -1.95. The van der Waals surface area contributed by atoms with E-state index in [2.05, 4.69) is 30.7 Å². The highest BCUT2D eigenvalue weighted by Gasteiger charge is 2.21. The topological polar surface area (TPSA) is 42.3 Å². The van der Waals surface area contributed by atoms with Crippen LogP contribution in [0.1, 0.15) is 0 Å². The molecule has 3 rings (SSSR count). The molecule has 3 aromatic rings. The van der Waals surface area contributed by atoms with Gasteiger partial charge in [-0.15, -0.1) is 4.98 Å². The molecule has 2 aromatic heterocycles. The first kappa shape index (κ1) is 13.5. The minimum absolute atomic E-state index is 0.0586. The van der Waals surface area contributed by atoms with Crippen LogP contribution >= 0.6 is 15.9 Å². The van der Waals surface area contributed by atoms with Crippen LogP contribution in [0.25, 0.3) is 15.7 Å². The Labute approximate surface area is 126 Å². The molecule has 0 amide bonds. The molecule has 7 heteroatoms. The van der Waals surface area contributed by atoms with Crippen molar-refractivity contribution in [2.45, 2.75) is 0 Å². The third-order valence-electron chi connectivity index (χ3n) is 2.85. The Hall–Kier alpha value is -2.46. The number of nitrogens with zero attached hydrogens (tertiary/aromatic N) is 2. The number of pyridine rings is 1. The molecule has 21 heavy (non-hydrogen) atoms. The van der Waals surface area contributed by atoms with Crippen molar-refractivity contribution in [1.82, 2.24) is 9.97 Å². The van der Waals surface area contributed by atoms with E-state index in [1.54, 1.807) is 6.07 Å². The molecule has 0 saturated heterocycles. The van der Waals surface area contributed by atoms with Gasteiger partial charge >= 0.3 is 0 Å². The molecule has 0 aliphatic carbocycles. The number of hydrogen-bond acceptors (Lipinski definition) is 2. The van der Waals surface area contributed by atoms with E-state index in [4.69, 9.17) is 11.3 Å². The lowest BCUT2D eigenvalue weighted by molar-refractivity contribution is 0.417. The zero-order valence-corrected chi connectivity index (χ0v) is 11.9. The summed E-state index contributed by atoms with van der Waals surface area (Å²) in [6.07, 6.45) is 2.87. The first-order valence-electron chi connectivity index (χ1n) is 5.76. The standard InChI is InChI=1S/C14H6BrF2N3O/c1-18-9-6-7(2-4-19-9)21-14-10(15)8-3-5-20-13(8)11(16)12(14)17/h2-6,20H. The Morgan fingerprint density at radius 3 is 2.86 bits per heavy atom. The molecule has 4 nitrogen and oxygen atoms in total. The second-order valence-electron chi connectivity index (χ2n) is 4.10. The van der Waals surface area contributed by atoms with Gasteiger partial charge in [0.15, 0.2) is 11.6 Å². The summed E-state index contributed by atoms with van der Waals surface area (Å²) in [7, 11) is 0. The number of aromatic nitrogens is 2. The van der Waals surface area contributed by atoms with Gasteiger partial charge in [0.2, 0.25) is 5.82 Å². The average molecular weight is 350 g/mol. The molecule has 0 fully saturated rings. The smallest absolute Gasteiger partial charge is 0.273 e. The van der Waals surface area contributed by atoms with E-state index in [0.717, 1.165) is 0 Å². The normalized spacial score (nSPS) is 10.6. The van der Waals surface area contributed by atoms with Crippen molar-refractivity contribution < 1.29 is 13.5 Å². The van der Waals surface area contributed by atoms with E-state index in [1.165, 1.54) is 24.5 Å². The maximum atomic E-state index is 14.1. The van der Waals surface area contributed by atoms with Crippen molar-refractivity contribution in [1.29, 1.82) is 0 Å². The summed E-state index contributed by atoms with van der Waals surface area (Å²) < 4.78 is 33.7. The fourth-order valence-electron chi connectivity index (χ4n) is 1.89. The molecule has 2 heterocycles. The summed E-state index contributed by atoms with van der Waals surface area (Å²) in [5.74, 6) is -2.11. The summed E-state index contributed by atoms with van der Waals surface area (Å²) in [6.45, 7) is 6.89. The molecule has 104 valence electrons. The molecular formula is C14H6BrF2N3O. The number of nitrogens with one attached hydrogen (secondary N) is 1. The predicted octanol–water partition coefficient (Wildman–Crippen LogP) is 4.95. The SMILES string of the molecule is [C-]#[N+]c1cc(Oc2c(F)c(F)c3[nH]ccc3c2Br)ccn1. The quantitative estimate of drug-likeness (QED) is 0.525. The molecule has 0 bridgehead atoms. The van der Waals surface area contributed by atoms with Gasteiger partial charge in [0.25, 0.3) is 5.82 Å². The number of fused-ring (bicyclic) bond motifs is 1. The molecule has 0 saturated carbocycles. The van der Waals surface area contributed by atoms with E-state index in [-0.39, 0.29) is 22.8 Å². The van der Waals surface area contributed by atoms with Crippen LogP contribution in [-0.4, -0.2) is 9.97 Å². The van der Waals surface area contributed by atoms with Crippen molar-refractivity contribution >= 4 is 32.7 Å². The summed E-state index contributed by atoms with van der Waals surface area (Å²) in [5.41, 5.74) is 0.0586. The second kappa shape index (κ2) is 5.14. The van der Waals surface area contributed by atoms with Crippen molar-refractivity contribution in [3.05, 3.63) is 58.1 Å². The van der Waals surface area contributed by atoms with Gasteiger partial charge in [0.1, 0.15) is 11.9 Å². The van der Waals surface area contributed by atoms with Gasteiger partial charge < -0.3 is 14.6 Å². The van der Waals surface area contributed by atoms with Gasteiger partial charge in [-0.3, -0.25) is 0 Å². The van der Waals surface area contributed by atoms with Crippen molar-refractivity contribution in [3.63, 3.8) is 0 Å². The molecule has 0 atom stereocenters. The summed E-state index contributed by atoms with van der Waals surface area (Å²) >= 11 is 3.21. The first-order valence-corrected chi connectivity index (χ1v) is 6.56. The Morgan fingerprint density at radius 1 is 1.29 bits per heavy atom. The van der Waals surface area contributed by atoms with Crippen LogP contribution < -0.4 is 4.74 Å². The third-order valence-corrected chi connectivity index (χ3v) is 3.63. The highest BCUT2D eigenvalue weighted by atomic mass is 79.9. The predicted molar refractivity (Wildman–Crippen MR) is 76.5 cm³/mol. The number of rotatable bonds is 2. The summed E-state index contributed by atoms with van der Waals surface area (Å²) in [5, 5.41) is 0.461. The number of H-pyrrole nitrogens is 1. The summed E-state index contributed by atoms with van der Waals surface area (Å²) in [6, 6.07) is 4.41. The highest BCUT2D eigenvalue weighted by Crippen LogP contribution is 2.40. The summed E-state index contributed by atoms with van der Waals surface area (Å²) in [4.78, 5) is 9.56. The molecule has 1 aromatic carbocycles. The fourth-order valence-corrected chi connectivity index (χ4v) is 2.48. The van der Waals surface area contributed by atoms with Gasteiger partial charge in [-0.05, 0) is 22.0 Å². The maximum absolute atomic E-state index is 14.1. The lowest BCUT2D eigenvalue weighted by atomic mass is 10.2. The van der Waals surface area contributed by atoms with Crippen LogP contribution in [0.15, 0.2) is 35.1 Å².